The van der Waals surface area contributed by atoms with E-state index in [1.54, 1.807) is 0 Å². The van der Waals surface area contributed by atoms with Crippen LogP contribution in [0.1, 0.15) is 37.8 Å². The van der Waals surface area contributed by atoms with Gasteiger partial charge in [0, 0.05) is 29.8 Å². The molecule has 1 fully saturated rings. The van der Waals surface area contributed by atoms with Crippen molar-refractivity contribution in [2.75, 3.05) is 25.5 Å². The second-order valence-corrected chi connectivity index (χ2v) is 6.31. The second-order valence-electron chi connectivity index (χ2n) is 5.39. The zero-order valence-corrected chi connectivity index (χ0v) is 13.1. The van der Waals surface area contributed by atoms with Gasteiger partial charge in [0.15, 0.2) is 0 Å². The van der Waals surface area contributed by atoms with Crippen LogP contribution in [-0.2, 0) is 0 Å². The van der Waals surface area contributed by atoms with E-state index in [0.717, 1.165) is 10.4 Å². The van der Waals surface area contributed by atoms with Crippen LogP contribution in [0, 0.1) is 5.92 Å². The highest BCUT2D eigenvalue weighted by Crippen LogP contribution is 2.32. The highest BCUT2D eigenvalue weighted by molar-refractivity contribution is 9.10. The van der Waals surface area contributed by atoms with Crippen molar-refractivity contribution in [3.8, 4) is 0 Å². The highest BCUT2D eigenvalue weighted by Gasteiger charge is 2.21. The lowest BCUT2D eigenvalue weighted by atomic mass is 9.85. The maximum absolute atomic E-state index is 3.57. The van der Waals surface area contributed by atoms with E-state index in [4.69, 9.17) is 0 Å². The van der Waals surface area contributed by atoms with E-state index < -0.39 is 0 Å². The molecule has 0 saturated heterocycles. The van der Waals surface area contributed by atoms with Crippen LogP contribution in [0.5, 0.6) is 0 Å². The van der Waals surface area contributed by atoms with Crippen molar-refractivity contribution < 1.29 is 0 Å². The van der Waals surface area contributed by atoms with Crippen LogP contribution in [0.15, 0.2) is 22.7 Å². The predicted molar refractivity (Wildman–Crippen MR) is 82.2 cm³/mol. The molecule has 1 aliphatic rings. The first-order valence-electron chi connectivity index (χ1n) is 6.79. The zero-order chi connectivity index (χ0) is 13.1. The number of hydrogen-bond donors (Lipinski definition) is 1. The summed E-state index contributed by atoms with van der Waals surface area (Å²) in [7, 11) is 4.23. The van der Waals surface area contributed by atoms with Crippen molar-refractivity contribution in [3.63, 3.8) is 0 Å². The molecule has 0 bridgehead atoms. The van der Waals surface area contributed by atoms with Crippen LogP contribution >= 0.6 is 15.9 Å². The molecular weight excluding hydrogens is 288 g/mol. The minimum atomic E-state index is 0.376. The molecule has 0 heterocycles. The first-order valence-corrected chi connectivity index (χ1v) is 7.59. The molecule has 100 valence electrons. The van der Waals surface area contributed by atoms with Gasteiger partial charge in [-0.05, 0) is 56.5 Å². The third kappa shape index (κ3) is 3.07. The van der Waals surface area contributed by atoms with Gasteiger partial charge < -0.3 is 10.2 Å². The first-order chi connectivity index (χ1) is 8.61. The monoisotopic (exact) mass is 310 g/mol. The second kappa shape index (κ2) is 6.07. The molecule has 1 unspecified atom stereocenters. The molecule has 18 heavy (non-hydrogen) atoms. The summed E-state index contributed by atoms with van der Waals surface area (Å²) in [4.78, 5) is 2.42. The molecule has 0 amide bonds. The fourth-order valence-corrected chi connectivity index (χ4v) is 2.92. The standard InChI is InChI=1S/C15H23BrN2/c1-11(17-2)14-9-13(16)7-8-15(14)18(3)10-12-5-4-6-12/h7-9,11-12,17H,4-6,10H2,1-3H3. The lowest BCUT2D eigenvalue weighted by molar-refractivity contribution is 0.321. The van der Waals surface area contributed by atoms with Gasteiger partial charge in [0.1, 0.15) is 0 Å². The molecule has 0 aromatic heterocycles. The van der Waals surface area contributed by atoms with E-state index in [2.05, 4.69) is 58.3 Å². The molecule has 0 spiro atoms. The van der Waals surface area contributed by atoms with Crippen LogP contribution < -0.4 is 10.2 Å². The molecule has 1 saturated carbocycles. The van der Waals surface area contributed by atoms with Crippen molar-refractivity contribution in [1.82, 2.24) is 5.32 Å². The molecule has 0 aliphatic heterocycles. The van der Waals surface area contributed by atoms with Crippen molar-refractivity contribution in [1.29, 1.82) is 0 Å². The van der Waals surface area contributed by atoms with Gasteiger partial charge in [-0.1, -0.05) is 22.4 Å². The number of benzene rings is 1. The molecule has 2 nitrogen and oxygen atoms in total. The number of anilines is 1. The molecule has 1 N–H and O–H groups in total. The van der Waals surface area contributed by atoms with Crippen LogP contribution in [0.3, 0.4) is 0 Å². The number of nitrogens with one attached hydrogen (secondary N) is 1. The minimum absolute atomic E-state index is 0.376. The Hall–Kier alpha value is -0.540. The van der Waals surface area contributed by atoms with Crippen molar-refractivity contribution in [2.24, 2.45) is 5.92 Å². The summed E-state index contributed by atoms with van der Waals surface area (Å²) in [6.07, 6.45) is 4.22. The Morgan fingerprint density at radius 1 is 1.44 bits per heavy atom. The van der Waals surface area contributed by atoms with Crippen LogP contribution in [0.25, 0.3) is 0 Å². The molecule has 1 aromatic rings. The van der Waals surface area contributed by atoms with Gasteiger partial charge in [-0.3, -0.25) is 0 Å². The summed E-state index contributed by atoms with van der Waals surface area (Å²) in [6, 6.07) is 6.97. The maximum atomic E-state index is 3.57. The summed E-state index contributed by atoms with van der Waals surface area (Å²) in [5, 5.41) is 3.34. The predicted octanol–water partition coefficient (Wildman–Crippen LogP) is 3.97. The largest absolute Gasteiger partial charge is 0.374 e. The minimum Gasteiger partial charge on any atom is -0.374 e. The van der Waals surface area contributed by atoms with E-state index in [0.29, 0.717) is 6.04 Å². The number of hydrogen-bond acceptors (Lipinski definition) is 2. The lowest BCUT2D eigenvalue weighted by Gasteiger charge is -2.33. The van der Waals surface area contributed by atoms with Gasteiger partial charge in [0.2, 0.25) is 0 Å². The van der Waals surface area contributed by atoms with Crippen LogP contribution in [0.2, 0.25) is 0 Å². The van der Waals surface area contributed by atoms with Gasteiger partial charge in [0.05, 0.1) is 0 Å². The Bertz CT molecular complexity index is 401. The Morgan fingerprint density at radius 3 is 2.72 bits per heavy atom. The molecule has 3 heteroatoms. The molecule has 1 atom stereocenters. The van der Waals surface area contributed by atoms with Crippen molar-refractivity contribution in [3.05, 3.63) is 28.2 Å². The fourth-order valence-electron chi connectivity index (χ4n) is 2.54. The summed E-state index contributed by atoms with van der Waals surface area (Å²) in [6.45, 7) is 3.40. The summed E-state index contributed by atoms with van der Waals surface area (Å²) < 4.78 is 1.15. The van der Waals surface area contributed by atoms with Crippen LogP contribution in [-0.4, -0.2) is 20.6 Å². The van der Waals surface area contributed by atoms with Gasteiger partial charge >= 0.3 is 0 Å². The van der Waals surface area contributed by atoms with Gasteiger partial charge in [-0.15, -0.1) is 0 Å². The van der Waals surface area contributed by atoms with Gasteiger partial charge in [0.25, 0.3) is 0 Å². The maximum Gasteiger partial charge on any atom is 0.0412 e. The Morgan fingerprint density at radius 2 is 2.17 bits per heavy atom. The molecule has 1 aromatic carbocycles. The summed E-state index contributed by atoms with van der Waals surface area (Å²) in [5.74, 6) is 0.899. The molecule has 2 rings (SSSR count). The quantitative estimate of drug-likeness (QED) is 0.885. The Labute approximate surface area is 119 Å². The normalized spacial score (nSPS) is 17.3. The Kier molecular flexibility index (Phi) is 4.68. The SMILES string of the molecule is CNC(C)c1cc(Br)ccc1N(C)CC1CCC1. The molecule has 1 aliphatic carbocycles. The topological polar surface area (TPSA) is 15.3 Å². The highest BCUT2D eigenvalue weighted by atomic mass is 79.9. The zero-order valence-electron chi connectivity index (χ0n) is 11.5. The summed E-state index contributed by atoms with van der Waals surface area (Å²) in [5.41, 5.74) is 2.72. The van der Waals surface area contributed by atoms with E-state index in [-0.39, 0.29) is 0 Å². The smallest absolute Gasteiger partial charge is 0.0412 e. The van der Waals surface area contributed by atoms with Crippen molar-refractivity contribution >= 4 is 21.6 Å². The lowest BCUT2D eigenvalue weighted by Crippen LogP contribution is -2.30. The van der Waals surface area contributed by atoms with E-state index in [9.17, 15) is 0 Å². The van der Waals surface area contributed by atoms with E-state index in [1.807, 2.05) is 7.05 Å². The summed E-state index contributed by atoms with van der Waals surface area (Å²) >= 11 is 3.57. The van der Waals surface area contributed by atoms with Gasteiger partial charge in [-0.2, -0.15) is 0 Å². The number of nitrogens with zero attached hydrogens (tertiary/aromatic N) is 1. The average Bonchev–Trinajstić information content (AvgIpc) is 2.32. The van der Waals surface area contributed by atoms with Gasteiger partial charge in [-0.25, -0.2) is 0 Å². The average molecular weight is 311 g/mol. The molecular formula is C15H23BrN2. The number of halogens is 1. The van der Waals surface area contributed by atoms with E-state index >= 15 is 0 Å². The fraction of sp³-hybridized carbons (Fsp3) is 0.600. The first kappa shape index (κ1) is 13.9. The number of rotatable bonds is 5. The Balaban J connectivity index is 2.18. The molecule has 0 radical (unpaired) electrons. The van der Waals surface area contributed by atoms with E-state index in [1.165, 1.54) is 37.1 Å². The third-order valence-corrected chi connectivity index (χ3v) is 4.55. The third-order valence-electron chi connectivity index (χ3n) is 4.06. The van der Waals surface area contributed by atoms with Crippen molar-refractivity contribution in [2.45, 2.75) is 32.2 Å². The van der Waals surface area contributed by atoms with Crippen LogP contribution in [0.4, 0.5) is 5.69 Å².